The second-order valence-corrected chi connectivity index (χ2v) is 4.70. The van der Waals surface area contributed by atoms with Crippen molar-refractivity contribution in [3.05, 3.63) is 11.8 Å². The van der Waals surface area contributed by atoms with Gasteiger partial charge in [0, 0.05) is 6.61 Å². The third-order valence-corrected chi connectivity index (χ3v) is 2.99. The molecule has 0 aliphatic carbocycles. The molecular weight excluding hydrogens is 188 g/mol. The molecule has 0 spiro atoms. The molecule has 15 heavy (non-hydrogen) atoms. The molecule has 1 saturated heterocycles. The van der Waals surface area contributed by atoms with Gasteiger partial charge in [0.25, 0.3) is 0 Å². The van der Waals surface area contributed by atoms with Crippen molar-refractivity contribution in [2.24, 2.45) is 0 Å². The lowest BCUT2D eigenvalue weighted by Gasteiger charge is -2.30. The first-order valence-corrected chi connectivity index (χ1v) is 6.07. The SMILES string of the molecule is CCC1(COC=C(C)C)CCCCCO1. The molecule has 0 bridgehead atoms. The van der Waals surface area contributed by atoms with Crippen LogP contribution in [0, 0.1) is 0 Å². The number of hydrogen-bond acceptors (Lipinski definition) is 2. The highest BCUT2D eigenvalue weighted by molar-refractivity contribution is 4.88. The molecule has 1 aliphatic heterocycles. The maximum atomic E-state index is 5.97. The molecule has 1 heterocycles. The highest BCUT2D eigenvalue weighted by Crippen LogP contribution is 2.27. The van der Waals surface area contributed by atoms with Crippen molar-refractivity contribution in [2.45, 2.75) is 58.5 Å². The van der Waals surface area contributed by atoms with Gasteiger partial charge in [-0.1, -0.05) is 19.8 Å². The van der Waals surface area contributed by atoms with Gasteiger partial charge in [0.15, 0.2) is 0 Å². The van der Waals surface area contributed by atoms with Crippen molar-refractivity contribution >= 4 is 0 Å². The van der Waals surface area contributed by atoms with E-state index in [4.69, 9.17) is 9.47 Å². The van der Waals surface area contributed by atoms with E-state index in [1.54, 1.807) is 0 Å². The van der Waals surface area contributed by atoms with Gasteiger partial charge in [-0.25, -0.2) is 0 Å². The van der Waals surface area contributed by atoms with E-state index in [0.29, 0.717) is 6.61 Å². The van der Waals surface area contributed by atoms with E-state index in [1.807, 2.05) is 20.1 Å². The third kappa shape index (κ3) is 4.25. The zero-order valence-electron chi connectivity index (χ0n) is 10.3. The van der Waals surface area contributed by atoms with Crippen molar-refractivity contribution < 1.29 is 9.47 Å². The largest absolute Gasteiger partial charge is 0.498 e. The zero-order chi connectivity index (χ0) is 11.1. The fraction of sp³-hybridized carbons (Fsp3) is 0.846. The molecule has 0 amide bonds. The first-order chi connectivity index (χ1) is 7.18. The number of rotatable bonds is 4. The van der Waals surface area contributed by atoms with E-state index in [2.05, 4.69) is 6.92 Å². The highest BCUT2D eigenvalue weighted by atomic mass is 16.5. The summed E-state index contributed by atoms with van der Waals surface area (Å²) in [6, 6.07) is 0. The fourth-order valence-corrected chi connectivity index (χ4v) is 1.94. The van der Waals surface area contributed by atoms with Gasteiger partial charge >= 0.3 is 0 Å². The van der Waals surface area contributed by atoms with Crippen molar-refractivity contribution in [1.82, 2.24) is 0 Å². The van der Waals surface area contributed by atoms with Crippen LogP contribution in [0.25, 0.3) is 0 Å². The molecule has 0 aromatic carbocycles. The standard InChI is InChI=1S/C13H24O2/c1-4-13(11-14-10-12(2)3)8-6-5-7-9-15-13/h10H,4-9,11H2,1-3H3. The Morgan fingerprint density at radius 2 is 2.13 bits per heavy atom. The van der Waals surface area contributed by atoms with Crippen molar-refractivity contribution in [3.63, 3.8) is 0 Å². The van der Waals surface area contributed by atoms with Gasteiger partial charge in [-0.15, -0.1) is 0 Å². The van der Waals surface area contributed by atoms with Gasteiger partial charge in [-0.05, 0) is 38.7 Å². The van der Waals surface area contributed by atoms with Crippen LogP contribution in [0.5, 0.6) is 0 Å². The Bertz CT molecular complexity index is 197. The Hall–Kier alpha value is -0.500. The lowest BCUT2D eigenvalue weighted by molar-refractivity contribution is -0.0825. The molecule has 0 N–H and O–H groups in total. The van der Waals surface area contributed by atoms with Crippen LogP contribution >= 0.6 is 0 Å². The third-order valence-electron chi connectivity index (χ3n) is 2.99. The molecule has 2 heteroatoms. The van der Waals surface area contributed by atoms with Crippen molar-refractivity contribution in [3.8, 4) is 0 Å². The summed E-state index contributed by atoms with van der Waals surface area (Å²) in [5.41, 5.74) is 1.18. The predicted octanol–water partition coefficient (Wildman–Crippen LogP) is 3.67. The van der Waals surface area contributed by atoms with Crippen LogP contribution in [-0.4, -0.2) is 18.8 Å². The summed E-state index contributed by atoms with van der Waals surface area (Å²) in [7, 11) is 0. The number of ether oxygens (including phenoxy) is 2. The monoisotopic (exact) mass is 212 g/mol. The van der Waals surface area contributed by atoms with Crippen LogP contribution < -0.4 is 0 Å². The first kappa shape index (κ1) is 12.6. The van der Waals surface area contributed by atoms with E-state index in [0.717, 1.165) is 19.4 Å². The minimum Gasteiger partial charge on any atom is -0.498 e. The van der Waals surface area contributed by atoms with Crippen LogP contribution in [0.2, 0.25) is 0 Å². The molecule has 1 fully saturated rings. The molecule has 0 aromatic rings. The highest BCUT2D eigenvalue weighted by Gasteiger charge is 2.30. The minimum atomic E-state index is -0.0253. The summed E-state index contributed by atoms with van der Waals surface area (Å²) in [6.45, 7) is 7.89. The molecule has 1 aliphatic rings. The maximum absolute atomic E-state index is 5.97. The van der Waals surface area contributed by atoms with Crippen molar-refractivity contribution in [2.75, 3.05) is 13.2 Å². The van der Waals surface area contributed by atoms with Crippen LogP contribution in [0.1, 0.15) is 52.9 Å². The summed E-state index contributed by atoms with van der Waals surface area (Å²) < 4.78 is 11.6. The normalized spacial score (nSPS) is 26.9. The van der Waals surface area contributed by atoms with Crippen LogP contribution in [0.15, 0.2) is 11.8 Å². The van der Waals surface area contributed by atoms with Gasteiger partial charge < -0.3 is 9.47 Å². The number of hydrogen-bond donors (Lipinski definition) is 0. The van der Waals surface area contributed by atoms with Gasteiger partial charge in [-0.3, -0.25) is 0 Å². The molecule has 1 rings (SSSR count). The Balaban J connectivity index is 2.46. The summed E-state index contributed by atoms with van der Waals surface area (Å²) in [5.74, 6) is 0. The van der Waals surface area contributed by atoms with Crippen LogP contribution in [-0.2, 0) is 9.47 Å². The van der Waals surface area contributed by atoms with E-state index in [1.165, 1.54) is 24.8 Å². The van der Waals surface area contributed by atoms with Crippen molar-refractivity contribution in [1.29, 1.82) is 0 Å². The van der Waals surface area contributed by atoms with Gasteiger partial charge in [0.1, 0.15) is 12.2 Å². The Kier molecular flexibility index (Phi) is 5.16. The van der Waals surface area contributed by atoms with Gasteiger partial charge in [-0.2, -0.15) is 0 Å². The van der Waals surface area contributed by atoms with E-state index >= 15 is 0 Å². The molecule has 0 saturated carbocycles. The van der Waals surface area contributed by atoms with E-state index in [9.17, 15) is 0 Å². The second kappa shape index (κ2) is 6.16. The van der Waals surface area contributed by atoms with Crippen LogP contribution in [0.4, 0.5) is 0 Å². The summed E-state index contributed by atoms with van der Waals surface area (Å²) in [4.78, 5) is 0. The Morgan fingerprint density at radius 3 is 2.80 bits per heavy atom. The summed E-state index contributed by atoms with van der Waals surface area (Å²) in [6.07, 6.45) is 7.79. The van der Waals surface area contributed by atoms with Crippen LogP contribution in [0.3, 0.4) is 0 Å². The molecule has 88 valence electrons. The average Bonchev–Trinajstić information content (AvgIpc) is 2.44. The van der Waals surface area contributed by atoms with Gasteiger partial charge in [0.05, 0.1) is 6.26 Å². The maximum Gasteiger partial charge on any atom is 0.116 e. The lowest BCUT2D eigenvalue weighted by atomic mass is 9.95. The molecule has 0 radical (unpaired) electrons. The predicted molar refractivity (Wildman–Crippen MR) is 62.8 cm³/mol. The second-order valence-electron chi connectivity index (χ2n) is 4.70. The topological polar surface area (TPSA) is 18.5 Å². The lowest BCUT2D eigenvalue weighted by Crippen LogP contribution is -2.36. The minimum absolute atomic E-state index is 0.0253. The number of allylic oxidation sites excluding steroid dienone is 1. The quantitative estimate of drug-likeness (QED) is 0.662. The van der Waals surface area contributed by atoms with Gasteiger partial charge in [0.2, 0.25) is 0 Å². The molecule has 1 unspecified atom stereocenters. The molecular formula is C13H24O2. The zero-order valence-corrected chi connectivity index (χ0v) is 10.3. The molecule has 2 nitrogen and oxygen atoms in total. The molecule has 0 aromatic heterocycles. The van der Waals surface area contributed by atoms with E-state index in [-0.39, 0.29) is 5.60 Å². The van der Waals surface area contributed by atoms with E-state index < -0.39 is 0 Å². The summed E-state index contributed by atoms with van der Waals surface area (Å²) >= 11 is 0. The Labute approximate surface area is 93.7 Å². The average molecular weight is 212 g/mol. The smallest absolute Gasteiger partial charge is 0.116 e. The summed E-state index contributed by atoms with van der Waals surface area (Å²) in [5, 5.41) is 0. The fourth-order valence-electron chi connectivity index (χ4n) is 1.94. The molecule has 1 atom stereocenters. The Morgan fingerprint density at radius 1 is 1.33 bits per heavy atom. The first-order valence-electron chi connectivity index (χ1n) is 6.07.